The van der Waals surface area contributed by atoms with E-state index in [-0.39, 0.29) is 35.1 Å². The van der Waals surface area contributed by atoms with Gasteiger partial charge in [-0.2, -0.15) is 0 Å². The molecule has 0 N–H and O–H groups in total. The van der Waals surface area contributed by atoms with E-state index in [1.165, 1.54) is 11.1 Å². The zero-order chi connectivity index (χ0) is 22.5. The van der Waals surface area contributed by atoms with E-state index in [1.54, 1.807) is 12.3 Å². The van der Waals surface area contributed by atoms with Crippen LogP contribution in [0.2, 0.25) is 0 Å². The molecule has 0 spiro atoms. The number of ether oxygens (including phenoxy) is 2. The van der Waals surface area contributed by atoms with E-state index in [0.29, 0.717) is 36.7 Å². The molecule has 2 bridgehead atoms. The minimum Gasteiger partial charge on any atom is -0.473 e. The lowest BCUT2D eigenvalue weighted by Gasteiger charge is -2.34. The smallest absolute Gasteiger partial charge is 0.260 e. The van der Waals surface area contributed by atoms with Gasteiger partial charge in [0.05, 0.1) is 30.7 Å². The molecule has 1 aromatic carbocycles. The van der Waals surface area contributed by atoms with Crippen molar-refractivity contribution in [2.24, 2.45) is 0 Å². The Morgan fingerprint density at radius 1 is 1.12 bits per heavy atom. The molecule has 0 radical (unpaired) electrons. The monoisotopic (exact) mass is 446 g/mol. The lowest BCUT2D eigenvalue weighted by Crippen LogP contribution is -2.50. The van der Waals surface area contributed by atoms with Crippen molar-refractivity contribution in [1.82, 2.24) is 19.7 Å². The standard InChI is InChI=1S/C25H26N4O4/c1-2-28-12-21(25(31)29-17-7-8-18(29)14-32-13-17)23(30)20-11-22(26-27-24(20)28)33-19-9-15-5-3-4-6-16(15)10-19/h3-6,11-12,17-19H,2,7-10,13-14H2,1H3. The van der Waals surface area contributed by atoms with Gasteiger partial charge in [-0.1, -0.05) is 24.3 Å². The van der Waals surface area contributed by atoms with Gasteiger partial charge in [-0.3, -0.25) is 9.59 Å². The molecule has 2 unspecified atom stereocenters. The number of aromatic nitrogens is 3. The fourth-order valence-corrected chi connectivity index (χ4v) is 5.49. The molecule has 1 amide bonds. The molecule has 2 aromatic heterocycles. The van der Waals surface area contributed by atoms with Crippen molar-refractivity contribution in [2.75, 3.05) is 13.2 Å². The normalized spacial score (nSPS) is 22.0. The van der Waals surface area contributed by atoms with Gasteiger partial charge in [0, 0.05) is 31.6 Å². The van der Waals surface area contributed by atoms with Gasteiger partial charge in [0.1, 0.15) is 11.7 Å². The van der Waals surface area contributed by atoms with Crippen LogP contribution in [0.5, 0.6) is 5.88 Å². The predicted octanol–water partition coefficient (Wildman–Crippen LogP) is 2.36. The molecule has 33 heavy (non-hydrogen) atoms. The third-order valence-electron chi connectivity index (χ3n) is 7.15. The first-order valence-electron chi connectivity index (χ1n) is 11.7. The van der Waals surface area contributed by atoms with Crippen molar-refractivity contribution in [3.05, 3.63) is 63.4 Å². The summed E-state index contributed by atoms with van der Waals surface area (Å²) in [6, 6.07) is 10.0. The Balaban J connectivity index is 1.35. The highest BCUT2D eigenvalue weighted by Crippen LogP contribution is 2.30. The van der Waals surface area contributed by atoms with Crippen molar-refractivity contribution in [2.45, 2.75) is 57.3 Å². The van der Waals surface area contributed by atoms with Gasteiger partial charge >= 0.3 is 0 Å². The third-order valence-corrected chi connectivity index (χ3v) is 7.15. The van der Waals surface area contributed by atoms with Crippen LogP contribution >= 0.6 is 0 Å². The molecule has 170 valence electrons. The summed E-state index contributed by atoms with van der Waals surface area (Å²) in [4.78, 5) is 28.8. The number of carbonyl (C=O) groups is 1. The second-order valence-corrected chi connectivity index (χ2v) is 9.13. The maximum atomic E-state index is 13.5. The average molecular weight is 447 g/mol. The van der Waals surface area contributed by atoms with E-state index in [0.717, 1.165) is 25.7 Å². The van der Waals surface area contributed by atoms with E-state index >= 15 is 0 Å². The minimum absolute atomic E-state index is 0.0416. The number of benzene rings is 1. The lowest BCUT2D eigenvalue weighted by molar-refractivity contribution is -0.00725. The van der Waals surface area contributed by atoms with Crippen LogP contribution in [-0.4, -0.2) is 57.0 Å². The molecule has 4 heterocycles. The zero-order valence-corrected chi connectivity index (χ0v) is 18.6. The van der Waals surface area contributed by atoms with Crippen molar-refractivity contribution >= 4 is 16.9 Å². The molecule has 8 heteroatoms. The molecule has 3 aliphatic rings. The Labute approximate surface area is 191 Å². The number of hydrogen-bond acceptors (Lipinski definition) is 6. The zero-order valence-electron chi connectivity index (χ0n) is 18.6. The fourth-order valence-electron chi connectivity index (χ4n) is 5.49. The van der Waals surface area contributed by atoms with Crippen LogP contribution in [0.15, 0.2) is 41.3 Å². The summed E-state index contributed by atoms with van der Waals surface area (Å²) in [6.07, 6.45) is 5.01. The molecule has 1 aliphatic carbocycles. The molecular weight excluding hydrogens is 420 g/mol. The Morgan fingerprint density at radius 3 is 2.48 bits per heavy atom. The van der Waals surface area contributed by atoms with Gasteiger partial charge in [-0.25, -0.2) is 0 Å². The Bertz CT molecular complexity index is 1260. The number of pyridine rings is 1. The van der Waals surface area contributed by atoms with Gasteiger partial charge in [0.25, 0.3) is 5.91 Å². The highest BCUT2D eigenvalue weighted by molar-refractivity contribution is 5.97. The first-order chi connectivity index (χ1) is 16.1. The Kier molecular flexibility index (Phi) is 4.90. The highest BCUT2D eigenvalue weighted by Gasteiger charge is 2.41. The first kappa shape index (κ1) is 20.4. The summed E-state index contributed by atoms with van der Waals surface area (Å²) in [5.41, 5.74) is 2.87. The second kappa shape index (κ2) is 7.95. The molecule has 3 aromatic rings. The summed E-state index contributed by atoms with van der Waals surface area (Å²) in [5, 5.41) is 8.90. The molecular formula is C25H26N4O4. The van der Waals surface area contributed by atoms with Crippen LogP contribution in [0.4, 0.5) is 0 Å². The van der Waals surface area contributed by atoms with E-state index in [2.05, 4.69) is 22.3 Å². The summed E-state index contributed by atoms with van der Waals surface area (Å²) in [7, 11) is 0. The van der Waals surface area contributed by atoms with Crippen molar-refractivity contribution < 1.29 is 14.3 Å². The number of amides is 1. The van der Waals surface area contributed by atoms with Crippen LogP contribution in [0.1, 0.15) is 41.3 Å². The number of nitrogens with zero attached hydrogens (tertiary/aromatic N) is 4. The largest absolute Gasteiger partial charge is 0.473 e. The number of rotatable bonds is 4. The first-order valence-corrected chi connectivity index (χ1v) is 11.7. The Morgan fingerprint density at radius 2 is 1.82 bits per heavy atom. The van der Waals surface area contributed by atoms with E-state index in [9.17, 15) is 9.59 Å². The summed E-state index contributed by atoms with van der Waals surface area (Å²) >= 11 is 0. The van der Waals surface area contributed by atoms with Crippen molar-refractivity contribution in [3.63, 3.8) is 0 Å². The number of carbonyl (C=O) groups excluding carboxylic acids is 1. The van der Waals surface area contributed by atoms with Gasteiger partial charge in [-0.05, 0) is 30.9 Å². The number of hydrogen-bond donors (Lipinski definition) is 0. The van der Waals surface area contributed by atoms with Crippen LogP contribution in [0, 0.1) is 0 Å². The minimum atomic E-state index is -0.319. The predicted molar refractivity (Wildman–Crippen MR) is 122 cm³/mol. The van der Waals surface area contributed by atoms with Gasteiger partial charge in [0.2, 0.25) is 11.3 Å². The molecule has 8 nitrogen and oxygen atoms in total. The molecule has 2 fully saturated rings. The fraction of sp³-hybridized carbons (Fsp3) is 0.440. The summed E-state index contributed by atoms with van der Waals surface area (Å²) < 4.78 is 13.5. The molecule has 6 rings (SSSR count). The van der Waals surface area contributed by atoms with Crippen LogP contribution < -0.4 is 10.2 Å². The quantitative estimate of drug-likeness (QED) is 0.612. The summed E-state index contributed by atoms with van der Waals surface area (Å²) in [6.45, 7) is 3.59. The average Bonchev–Trinajstić information content (AvgIpc) is 3.35. The topological polar surface area (TPSA) is 86.5 Å². The molecule has 2 aliphatic heterocycles. The van der Waals surface area contributed by atoms with Crippen molar-refractivity contribution in [3.8, 4) is 5.88 Å². The molecule has 2 atom stereocenters. The van der Waals surface area contributed by atoms with Gasteiger partial charge in [-0.15, -0.1) is 10.2 Å². The molecule has 2 saturated heterocycles. The lowest BCUT2D eigenvalue weighted by atomic mass is 10.1. The molecule has 0 saturated carbocycles. The Hall–Kier alpha value is -3.26. The van der Waals surface area contributed by atoms with E-state index in [1.807, 2.05) is 28.5 Å². The number of fused-ring (bicyclic) bond motifs is 4. The van der Waals surface area contributed by atoms with E-state index < -0.39 is 0 Å². The summed E-state index contributed by atoms with van der Waals surface area (Å²) in [5.74, 6) is 0.0986. The SMILES string of the molecule is CCn1cc(C(=O)N2C3CCC2COC3)c(=O)c2cc(OC3Cc4ccccc4C3)nnc21. The third kappa shape index (κ3) is 3.40. The number of morpholine rings is 1. The number of aryl methyl sites for hydroxylation is 1. The second-order valence-electron chi connectivity index (χ2n) is 9.13. The highest BCUT2D eigenvalue weighted by atomic mass is 16.5. The van der Waals surface area contributed by atoms with Crippen molar-refractivity contribution in [1.29, 1.82) is 0 Å². The van der Waals surface area contributed by atoms with Gasteiger partial charge in [0.15, 0.2) is 5.65 Å². The van der Waals surface area contributed by atoms with Crippen LogP contribution in [0.3, 0.4) is 0 Å². The van der Waals surface area contributed by atoms with Gasteiger partial charge < -0.3 is 18.9 Å². The van der Waals surface area contributed by atoms with E-state index in [4.69, 9.17) is 9.47 Å². The van der Waals surface area contributed by atoms with Crippen LogP contribution in [-0.2, 0) is 24.1 Å². The maximum Gasteiger partial charge on any atom is 0.260 e. The van der Waals surface area contributed by atoms with Crippen LogP contribution in [0.25, 0.3) is 11.0 Å². The maximum absolute atomic E-state index is 13.5.